The molecule has 0 aliphatic rings. The largest absolute Gasteiger partial charge is 0.435 e. The minimum atomic E-state index is -0.444. The summed E-state index contributed by atoms with van der Waals surface area (Å²) >= 11 is 0. The molecule has 5 heteroatoms. The first kappa shape index (κ1) is 13.0. The van der Waals surface area contributed by atoms with Gasteiger partial charge in [-0.2, -0.15) is 0 Å². The molecule has 0 saturated carbocycles. The molecule has 0 amide bonds. The Bertz CT molecular complexity index is 641. The first-order chi connectivity index (χ1) is 9.00. The molecule has 0 spiro atoms. The van der Waals surface area contributed by atoms with Gasteiger partial charge in [-0.05, 0) is 37.1 Å². The number of hydrogen-bond acceptors (Lipinski definition) is 3. The minimum absolute atomic E-state index is 0.0700. The van der Waals surface area contributed by atoms with Gasteiger partial charge in [-0.1, -0.05) is 12.1 Å². The van der Waals surface area contributed by atoms with E-state index in [-0.39, 0.29) is 17.5 Å². The summed E-state index contributed by atoms with van der Waals surface area (Å²) in [6.07, 6.45) is 1.53. The Kier molecular flexibility index (Phi) is 3.46. The van der Waals surface area contributed by atoms with Crippen LogP contribution in [0.5, 0.6) is 11.6 Å². The highest BCUT2D eigenvalue weighted by Crippen LogP contribution is 2.28. The molecule has 0 unspecified atom stereocenters. The van der Waals surface area contributed by atoms with Crippen LogP contribution in [0.4, 0.5) is 4.39 Å². The van der Waals surface area contributed by atoms with Crippen LogP contribution in [0.25, 0.3) is 0 Å². The van der Waals surface area contributed by atoms with Gasteiger partial charge in [-0.3, -0.25) is 5.41 Å². The number of nitrogen functional groups attached to an aromatic ring is 1. The molecular weight excluding hydrogens is 245 g/mol. The molecule has 0 aliphatic heterocycles. The highest BCUT2D eigenvalue weighted by molar-refractivity contribution is 5.98. The van der Waals surface area contributed by atoms with Crippen molar-refractivity contribution in [2.24, 2.45) is 5.73 Å². The standard InChI is InChI=1S/C14H14FN3O/c1-8-6-7-18-14(11(8)13(16)17)19-10-5-3-4-9(2)12(10)15/h3-7H,1-2H3,(H3,16,17). The monoisotopic (exact) mass is 259 g/mol. The van der Waals surface area contributed by atoms with Crippen molar-refractivity contribution in [3.05, 3.63) is 53.0 Å². The van der Waals surface area contributed by atoms with Crippen molar-refractivity contribution in [2.75, 3.05) is 0 Å². The first-order valence-electron chi connectivity index (χ1n) is 5.73. The predicted molar refractivity (Wildman–Crippen MR) is 71.2 cm³/mol. The second-order valence-electron chi connectivity index (χ2n) is 4.21. The van der Waals surface area contributed by atoms with Crippen LogP contribution in [0.2, 0.25) is 0 Å². The average molecular weight is 259 g/mol. The summed E-state index contributed by atoms with van der Waals surface area (Å²) in [7, 11) is 0. The molecule has 0 saturated heterocycles. The van der Waals surface area contributed by atoms with Crippen LogP contribution < -0.4 is 10.5 Å². The fourth-order valence-electron chi connectivity index (χ4n) is 1.74. The van der Waals surface area contributed by atoms with Crippen LogP contribution in [0.1, 0.15) is 16.7 Å². The van der Waals surface area contributed by atoms with Gasteiger partial charge >= 0.3 is 0 Å². The van der Waals surface area contributed by atoms with Crippen molar-refractivity contribution >= 4 is 5.84 Å². The fraction of sp³-hybridized carbons (Fsp3) is 0.143. The van der Waals surface area contributed by atoms with Gasteiger partial charge in [0.05, 0.1) is 5.56 Å². The quantitative estimate of drug-likeness (QED) is 0.657. The molecule has 98 valence electrons. The Hall–Kier alpha value is -2.43. The summed E-state index contributed by atoms with van der Waals surface area (Å²) in [4.78, 5) is 4.02. The number of hydrogen-bond donors (Lipinski definition) is 2. The lowest BCUT2D eigenvalue weighted by Gasteiger charge is -2.12. The van der Waals surface area contributed by atoms with Gasteiger partial charge in [-0.25, -0.2) is 9.37 Å². The molecule has 2 aromatic rings. The lowest BCUT2D eigenvalue weighted by molar-refractivity contribution is 0.424. The van der Waals surface area contributed by atoms with Crippen molar-refractivity contribution in [3.63, 3.8) is 0 Å². The number of halogens is 1. The summed E-state index contributed by atoms with van der Waals surface area (Å²) in [5.74, 6) is -0.397. The second-order valence-corrected chi connectivity index (χ2v) is 4.21. The molecule has 0 atom stereocenters. The van der Waals surface area contributed by atoms with Gasteiger partial charge in [0, 0.05) is 6.20 Å². The van der Waals surface area contributed by atoms with Crippen molar-refractivity contribution in [3.8, 4) is 11.6 Å². The Morgan fingerprint density at radius 3 is 2.68 bits per heavy atom. The Morgan fingerprint density at radius 2 is 2.00 bits per heavy atom. The predicted octanol–water partition coefficient (Wildman–Crippen LogP) is 2.91. The first-order valence-corrected chi connectivity index (χ1v) is 5.73. The fourth-order valence-corrected chi connectivity index (χ4v) is 1.74. The third kappa shape index (κ3) is 2.54. The maximum atomic E-state index is 13.9. The van der Waals surface area contributed by atoms with E-state index in [0.717, 1.165) is 5.56 Å². The highest BCUT2D eigenvalue weighted by atomic mass is 19.1. The van der Waals surface area contributed by atoms with Crippen LogP contribution in [-0.4, -0.2) is 10.8 Å². The second kappa shape index (κ2) is 5.06. The third-order valence-electron chi connectivity index (χ3n) is 2.76. The highest BCUT2D eigenvalue weighted by Gasteiger charge is 2.14. The third-order valence-corrected chi connectivity index (χ3v) is 2.76. The molecule has 4 nitrogen and oxygen atoms in total. The van der Waals surface area contributed by atoms with Gasteiger partial charge in [0.15, 0.2) is 11.6 Å². The van der Waals surface area contributed by atoms with Crippen molar-refractivity contribution < 1.29 is 9.13 Å². The number of nitrogens with zero attached hydrogens (tertiary/aromatic N) is 1. The number of benzene rings is 1. The molecule has 0 bridgehead atoms. The molecule has 3 N–H and O–H groups in total. The molecule has 0 fully saturated rings. The van der Waals surface area contributed by atoms with Crippen molar-refractivity contribution in [2.45, 2.75) is 13.8 Å². The Morgan fingerprint density at radius 1 is 1.26 bits per heavy atom. The van der Waals surface area contributed by atoms with E-state index >= 15 is 0 Å². The van der Waals surface area contributed by atoms with Crippen LogP contribution in [-0.2, 0) is 0 Å². The van der Waals surface area contributed by atoms with Gasteiger partial charge in [0.1, 0.15) is 5.84 Å². The number of rotatable bonds is 3. The summed E-state index contributed by atoms with van der Waals surface area (Å²) in [6.45, 7) is 3.44. The van der Waals surface area contributed by atoms with Gasteiger partial charge in [0.2, 0.25) is 5.88 Å². The van der Waals surface area contributed by atoms with E-state index in [2.05, 4.69) is 4.98 Å². The minimum Gasteiger partial charge on any atom is -0.435 e. The Balaban J connectivity index is 2.47. The number of nitrogens with one attached hydrogen (secondary N) is 1. The number of ether oxygens (including phenoxy) is 1. The van der Waals surface area contributed by atoms with Crippen LogP contribution >= 0.6 is 0 Å². The molecule has 19 heavy (non-hydrogen) atoms. The number of aryl methyl sites for hydroxylation is 2. The summed E-state index contributed by atoms with van der Waals surface area (Å²) in [5, 5.41) is 7.54. The van der Waals surface area contributed by atoms with E-state index in [1.54, 1.807) is 32.0 Å². The Labute approximate surface area is 110 Å². The smallest absolute Gasteiger partial charge is 0.230 e. The normalized spacial score (nSPS) is 10.3. The van der Waals surface area contributed by atoms with Crippen molar-refractivity contribution in [1.82, 2.24) is 4.98 Å². The molecule has 0 aliphatic carbocycles. The number of amidine groups is 1. The summed E-state index contributed by atoms with van der Waals surface area (Å²) in [5.41, 5.74) is 7.12. The zero-order chi connectivity index (χ0) is 14.0. The van der Waals surface area contributed by atoms with E-state index in [0.29, 0.717) is 11.1 Å². The number of aromatic nitrogens is 1. The summed E-state index contributed by atoms with van der Waals surface area (Å²) in [6, 6.07) is 6.57. The van der Waals surface area contributed by atoms with E-state index in [1.807, 2.05) is 0 Å². The van der Waals surface area contributed by atoms with Crippen molar-refractivity contribution in [1.29, 1.82) is 5.41 Å². The number of nitrogens with two attached hydrogens (primary N) is 1. The van der Waals surface area contributed by atoms with E-state index < -0.39 is 5.82 Å². The molecule has 1 aromatic carbocycles. The molecule has 1 heterocycles. The van der Waals surface area contributed by atoms with Crippen LogP contribution in [0.3, 0.4) is 0 Å². The van der Waals surface area contributed by atoms with E-state index in [9.17, 15) is 4.39 Å². The molecule has 1 aromatic heterocycles. The SMILES string of the molecule is Cc1cccc(Oc2nccc(C)c2C(=N)N)c1F. The lowest BCUT2D eigenvalue weighted by atomic mass is 10.1. The molecular formula is C14H14FN3O. The van der Waals surface area contributed by atoms with Gasteiger partial charge < -0.3 is 10.5 Å². The van der Waals surface area contributed by atoms with Gasteiger partial charge in [-0.15, -0.1) is 0 Å². The van der Waals surface area contributed by atoms with Gasteiger partial charge in [0.25, 0.3) is 0 Å². The number of pyridine rings is 1. The van der Waals surface area contributed by atoms with E-state index in [1.165, 1.54) is 12.3 Å². The maximum absolute atomic E-state index is 13.9. The van der Waals surface area contributed by atoms with E-state index in [4.69, 9.17) is 15.9 Å². The summed E-state index contributed by atoms with van der Waals surface area (Å²) < 4.78 is 19.3. The zero-order valence-electron chi connectivity index (χ0n) is 10.7. The average Bonchev–Trinajstić information content (AvgIpc) is 2.34. The lowest BCUT2D eigenvalue weighted by Crippen LogP contribution is -2.15. The van der Waals surface area contributed by atoms with Crippen LogP contribution in [0, 0.1) is 25.1 Å². The molecule has 2 rings (SSSR count). The zero-order valence-corrected chi connectivity index (χ0v) is 10.7. The molecule has 0 radical (unpaired) electrons. The van der Waals surface area contributed by atoms with Crippen LogP contribution in [0.15, 0.2) is 30.5 Å². The maximum Gasteiger partial charge on any atom is 0.230 e. The topological polar surface area (TPSA) is 72.0 Å².